The van der Waals surface area contributed by atoms with E-state index in [-0.39, 0.29) is 5.82 Å². The molecule has 0 saturated carbocycles. The second-order valence-corrected chi connectivity index (χ2v) is 7.06. The molecule has 3 nitrogen and oxygen atoms in total. The zero-order chi connectivity index (χ0) is 16.1. The number of carbonyl (C=O) groups is 1. The van der Waals surface area contributed by atoms with Crippen LogP contribution in [-0.4, -0.2) is 37.0 Å². The van der Waals surface area contributed by atoms with Gasteiger partial charge in [0.05, 0.1) is 0 Å². The zero-order valence-electron chi connectivity index (χ0n) is 13.8. The number of halogens is 1. The van der Waals surface area contributed by atoms with Crippen LogP contribution in [0.5, 0.6) is 0 Å². The molecule has 2 aliphatic rings. The molecule has 0 bridgehead atoms. The lowest BCUT2D eigenvalue weighted by atomic mass is 9.93. The van der Waals surface area contributed by atoms with Crippen LogP contribution < -0.4 is 5.32 Å². The molecule has 4 heteroatoms. The van der Waals surface area contributed by atoms with Gasteiger partial charge >= 0.3 is 0 Å². The van der Waals surface area contributed by atoms with Crippen LogP contribution in [0.4, 0.5) is 4.39 Å². The predicted molar refractivity (Wildman–Crippen MR) is 89.6 cm³/mol. The van der Waals surface area contributed by atoms with Gasteiger partial charge in [0.25, 0.3) is 0 Å². The normalized spacial score (nSPS) is 22.5. The van der Waals surface area contributed by atoms with Crippen LogP contribution in [0.2, 0.25) is 0 Å². The molecule has 1 aromatic carbocycles. The Morgan fingerprint density at radius 3 is 2.61 bits per heavy atom. The number of benzene rings is 1. The highest BCUT2D eigenvalue weighted by atomic mass is 19.1. The van der Waals surface area contributed by atoms with E-state index in [0.717, 1.165) is 51.4 Å². The monoisotopic (exact) mass is 318 g/mol. The lowest BCUT2D eigenvalue weighted by molar-refractivity contribution is -0.130. The highest BCUT2D eigenvalue weighted by Gasteiger charge is 2.26. The van der Waals surface area contributed by atoms with Crippen LogP contribution in [-0.2, 0) is 11.2 Å². The van der Waals surface area contributed by atoms with E-state index in [1.165, 1.54) is 30.5 Å². The third kappa shape index (κ3) is 4.77. The average Bonchev–Trinajstić information content (AvgIpc) is 3.04. The molecule has 3 rings (SSSR count). The summed E-state index contributed by atoms with van der Waals surface area (Å²) in [5.74, 6) is 1.38. The van der Waals surface area contributed by atoms with Crippen molar-refractivity contribution in [3.05, 3.63) is 35.6 Å². The van der Waals surface area contributed by atoms with Gasteiger partial charge in [-0.1, -0.05) is 12.1 Å². The molecule has 0 aliphatic carbocycles. The van der Waals surface area contributed by atoms with Gasteiger partial charge in [-0.3, -0.25) is 4.79 Å². The maximum Gasteiger partial charge on any atom is 0.222 e. The first-order valence-electron chi connectivity index (χ1n) is 8.93. The van der Waals surface area contributed by atoms with Crippen molar-refractivity contribution in [1.29, 1.82) is 0 Å². The predicted octanol–water partition coefficient (Wildman–Crippen LogP) is 3.00. The van der Waals surface area contributed by atoms with Crippen molar-refractivity contribution >= 4 is 5.91 Å². The molecule has 0 radical (unpaired) electrons. The molecule has 23 heavy (non-hydrogen) atoms. The molecule has 0 spiro atoms. The third-order valence-corrected chi connectivity index (χ3v) is 5.30. The summed E-state index contributed by atoms with van der Waals surface area (Å²) < 4.78 is 12.9. The number of likely N-dealkylation sites (tertiary alicyclic amines) is 1. The number of nitrogens with one attached hydrogen (secondary N) is 1. The van der Waals surface area contributed by atoms with Gasteiger partial charge < -0.3 is 10.2 Å². The van der Waals surface area contributed by atoms with E-state index in [9.17, 15) is 9.18 Å². The number of piperidine rings is 1. The van der Waals surface area contributed by atoms with Gasteiger partial charge in [-0.25, -0.2) is 4.39 Å². The maximum atomic E-state index is 12.9. The summed E-state index contributed by atoms with van der Waals surface area (Å²) in [5.41, 5.74) is 1.17. The molecular weight excluding hydrogens is 291 g/mol. The molecule has 2 fully saturated rings. The van der Waals surface area contributed by atoms with E-state index in [1.807, 2.05) is 17.0 Å². The van der Waals surface area contributed by atoms with Crippen molar-refractivity contribution in [1.82, 2.24) is 10.2 Å². The average molecular weight is 318 g/mol. The number of carbonyl (C=O) groups excluding carboxylic acids is 1. The molecule has 2 saturated heterocycles. The van der Waals surface area contributed by atoms with Crippen LogP contribution in [0.25, 0.3) is 0 Å². The summed E-state index contributed by atoms with van der Waals surface area (Å²) in [4.78, 5) is 14.4. The SMILES string of the molecule is O=C(CCC1CCNCC1)N1CC[C@@H](Cc2ccc(F)cc2)C1. The summed E-state index contributed by atoms with van der Waals surface area (Å²) in [6.07, 6.45) is 6.17. The maximum absolute atomic E-state index is 12.9. The van der Waals surface area contributed by atoms with Gasteiger partial charge in [0.15, 0.2) is 0 Å². The van der Waals surface area contributed by atoms with E-state index >= 15 is 0 Å². The Kier molecular flexibility index (Phi) is 5.65. The molecule has 0 unspecified atom stereocenters. The second-order valence-electron chi connectivity index (χ2n) is 7.06. The first kappa shape index (κ1) is 16.4. The van der Waals surface area contributed by atoms with Crippen molar-refractivity contribution in [3.63, 3.8) is 0 Å². The fourth-order valence-corrected chi connectivity index (χ4v) is 3.84. The van der Waals surface area contributed by atoms with E-state index in [4.69, 9.17) is 0 Å². The Morgan fingerprint density at radius 1 is 1.13 bits per heavy atom. The summed E-state index contributed by atoms with van der Waals surface area (Å²) in [6, 6.07) is 6.76. The Labute approximate surface area is 138 Å². The third-order valence-electron chi connectivity index (χ3n) is 5.30. The Morgan fingerprint density at radius 2 is 1.87 bits per heavy atom. The minimum absolute atomic E-state index is 0.185. The molecule has 1 N–H and O–H groups in total. The lowest BCUT2D eigenvalue weighted by Crippen LogP contribution is -2.31. The number of hydrogen-bond acceptors (Lipinski definition) is 2. The van der Waals surface area contributed by atoms with Crippen LogP contribution in [0.3, 0.4) is 0 Å². The first-order valence-corrected chi connectivity index (χ1v) is 8.93. The molecule has 0 aromatic heterocycles. The molecule has 1 aromatic rings. The van der Waals surface area contributed by atoms with Crippen LogP contribution in [0.1, 0.15) is 37.7 Å². The van der Waals surface area contributed by atoms with Crippen molar-refractivity contribution in [2.75, 3.05) is 26.2 Å². The first-order chi connectivity index (χ1) is 11.2. The van der Waals surface area contributed by atoms with Gasteiger partial charge in [0, 0.05) is 19.5 Å². The van der Waals surface area contributed by atoms with Crippen molar-refractivity contribution in [2.24, 2.45) is 11.8 Å². The van der Waals surface area contributed by atoms with Crippen molar-refractivity contribution in [3.8, 4) is 0 Å². The second kappa shape index (κ2) is 7.91. The number of rotatable bonds is 5. The Hall–Kier alpha value is -1.42. The molecular formula is C19H27FN2O. The Balaban J connectivity index is 1.41. The van der Waals surface area contributed by atoms with Crippen LogP contribution in [0, 0.1) is 17.7 Å². The zero-order valence-corrected chi connectivity index (χ0v) is 13.8. The topological polar surface area (TPSA) is 32.3 Å². The van der Waals surface area contributed by atoms with E-state index < -0.39 is 0 Å². The van der Waals surface area contributed by atoms with Gasteiger partial charge in [-0.05, 0) is 74.7 Å². The highest BCUT2D eigenvalue weighted by molar-refractivity contribution is 5.76. The van der Waals surface area contributed by atoms with Crippen molar-refractivity contribution < 1.29 is 9.18 Å². The molecule has 1 amide bonds. The number of nitrogens with zero attached hydrogens (tertiary/aromatic N) is 1. The van der Waals surface area contributed by atoms with Gasteiger partial charge in [-0.15, -0.1) is 0 Å². The number of hydrogen-bond donors (Lipinski definition) is 1. The Bertz CT molecular complexity index is 511. The van der Waals surface area contributed by atoms with E-state index in [2.05, 4.69) is 5.32 Å². The summed E-state index contributed by atoms with van der Waals surface area (Å²) in [6.45, 7) is 3.95. The van der Waals surface area contributed by atoms with Crippen LogP contribution in [0.15, 0.2) is 24.3 Å². The smallest absolute Gasteiger partial charge is 0.222 e. The molecule has 1 atom stereocenters. The minimum atomic E-state index is -0.185. The summed E-state index contributed by atoms with van der Waals surface area (Å²) in [7, 11) is 0. The minimum Gasteiger partial charge on any atom is -0.342 e. The summed E-state index contributed by atoms with van der Waals surface area (Å²) in [5, 5.41) is 3.37. The van der Waals surface area contributed by atoms with Gasteiger partial charge in [0.1, 0.15) is 5.82 Å². The molecule has 126 valence electrons. The van der Waals surface area contributed by atoms with E-state index in [1.54, 1.807) is 0 Å². The standard InChI is InChI=1S/C19H27FN2O/c20-18-4-1-16(2-5-18)13-17-9-12-22(14-17)19(23)6-3-15-7-10-21-11-8-15/h1-2,4-5,15,17,21H,3,6-14H2/t17-/m0/s1. The highest BCUT2D eigenvalue weighted by Crippen LogP contribution is 2.23. The van der Waals surface area contributed by atoms with Crippen LogP contribution >= 0.6 is 0 Å². The quantitative estimate of drug-likeness (QED) is 0.905. The fraction of sp³-hybridized carbons (Fsp3) is 0.632. The summed E-state index contributed by atoms with van der Waals surface area (Å²) >= 11 is 0. The molecule has 2 aliphatic heterocycles. The van der Waals surface area contributed by atoms with E-state index in [0.29, 0.717) is 18.2 Å². The molecule has 2 heterocycles. The largest absolute Gasteiger partial charge is 0.342 e. The van der Waals surface area contributed by atoms with Gasteiger partial charge in [-0.2, -0.15) is 0 Å². The lowest BCUT2D eigenvalue weighted by Gasteiger charge is -2.23. The van der Waals surface area contributed by atoms with Gasteiger partial charge in [0.2, 0.25) is 5.91 Å². The number of amides is 1. The fourth-order valence-electron chi connectivity index (χ4n) is 3.84. The van der Waals surface area contributed by atoms with Crippen molar-refractivity contribution in [2.45, 2.75) is 38.5 Å².